The Bertz CT molecular complexity index is 890. The van der Waals surface area contributed by atoms with Crippen LogP contribution in [-0.4, -0.2) is 73.0 Å². The van der Waals surface area contributed by atoms with Crippen molar-refractivity contribution in [2.75, 3.05) is 39.4 Å². The van der Waals surface area contributed by atoms with Crippen LogP contribution in [0.4, 0.5) is 0 Å². The first-order valence-electron chi connectivity index (χ1n) is 10.2. The summed E-state index contributed by atoms with van der Waals surface area (Å²) in [6, 6.07) is 15.3. The highest BCUT2D eigenvalue weighted by molar-refractivity contribution is 6.22. The molecule has 0 radical (unpaired) electrons. The maximum atomic E-state index is 13.1. The molecule has 2 aromatic carbocycles. The summed E-state index contributed by atoms with van der Waals surface area (Å²) in [5, 5.41) is 2.93. The molecule has 7 heteroatoms. The topological polar surface area (TPSA) is 79.0 Å². The minimum atomic E-state index is -0.899. The van der Waals surface area contributed by atoms with E-state index in [2.05, 4.69) is 10.2 Å². The van der Waals surface area contributed by atoms with Crippen molar-refractivity contribution < 1.29 is 19.1 Å². The van der Waals surface area contributed by atoms with Gasteiger partial charge in [0.25, 0.3) is 11.8 Å². The van der Waals surface area contributed by atoms with E-state index >= 15 is 0 Å². The molecule has 1 N–H and O–H groups in total. The van der Waals surface area contributed by atoms with Crippen LogP contribution in [0, 0.1) is 0 Å². The van der Waals surface area contributed by atoms with Gasteiger partial charge in [-0.1, -0.05) is 42.5 Å². The van der Waals surface area contributed by atoms with Crippen molar-refractivity contribution in [1.29, 1.82) is 0 Å². The molecule has 0 spiro atoms. The number of ether oxygens (including phenoxy) is 1. The van der Waals surface area contributed by atoms with Gasteiger partial charge in [0, 0.05) is 32.6 Å². The summed E-state index contributed by atoms with van der Waals surface area (Å²) in [5.74, 6) is -1.15. The monoisotopic (exact) mass is 407 g/mol. The van der Waals surface area contributed by atoms with Crippen LogP contribution in [0.3, 0.4) is 0 Å². The Morgan fingerprint density at radius 1 is 0.933 bits per heavy atom. The van der Waals surface area contributed by atoms with E-state index in [4.69, 9.17) is 4.74 Å². The molecule has 30 heavy (non-hydrogen) atoms. The van der Waals surface area contributed by atoms with Crippen molar-refractivity contribution in [3.05, 3.63) is 71.3 Å². The van der Waals surface area contributed by atoms with Crippen molar-refractivity contribution in [2.45, 2.75) is 12.5 Å². The third-order valence-corrected chi connectivity index (χ3v) is 5.54. The third kappa shape index (κ3) is 4.27. The van der Waals surface area contributed by atoms with Gasteiger partial charge in [-0.3, -0.25) is 24.2 Å². The van der Waals surface area contributed by atoms with E-state index in [9.17, 15) is 14.4 Å². The number of carbonyl (C=O) groups is 3. The highest BCUT2D eigenvalue weighted by Gasteiger charge is 2.42. The number of imide groups is 1. The molecular weight excluding hydrogens is 382 g/mol. The number of nitrogens with zero attached hydrogens (tertiary/aromatic N) is 2. The summed E-state index contributed by atoms with van der Waals surface area (Å²) in [5.41, 5.74) is 1.59. The van der Waals surface area contributed by atoms with Gasteiger partial charge in [-0.15, -0.1) is 0 Å². The third-order valence-electron chi connectivity index (χ3n) is 5.54. The molecule has 156 valence electrons. The van der Waals surface area contributed by atoms with Crippen molar-refractivity contribution in [3.8, 4) is 0 Å². The highest BCUT2D eigenvalue weighted by atomic mass is 16.5. The number of nitrogens with one attached hydrogen (secondary N) is 1. The summed E-state index contributed by atoms with van der Waals surface area (Å²) >= 11 is 0. The van der Waals surface area contributed by atoms with E-state index in [1.54, 1.807) is 24.3 Å². The van der Waals surface area contributed by atoms with Gasteiger partial charge in [0.05, 0.1) is 24.3 Å². The number of hydrogen-bond acceptors (Lipinski definition) is 5. The molecule has 0 unspecified atom stereocenters. The Hall–Kier alpha value is -3.03. The van der Waals surface area contributed by atoms with Crippen LogP contribution in [0.25, 0.3) is 0 Å². The van der Waals surface area contributed by atoms with Gasteiger partial charge in [0.15, 0.2) is 0 Å². The van der Waals surface area contributed by atoms with E-state index < -0.39 is 17.9 Å². The van der Waals surface area contributed by atoms with Crippen LogP contribution in [0.2, 0.25) is 0 Å². The molecule has 1 fully saturated rings. The second kappa shape index (κ2) is 9.19. The molecule has 3 amide bonds. The van der Waals surface area contributed by atoms with Crippen LogP contribution >= 0.6 is 0 Å². The van der Waals surface area contributed by atoms with Crippen molar-refractivity contribution >= 4 is 17.7 Å². The van der Waals surface area contributed by atoms with Gasteiger partial charge in [0.1, 0.15) is 6.04 Å². The fourth-order valence-electron chi connectivity index (χ4n) is 3.91. The number of rotatable bonds is 7. The molecule has 2 aromatic rings. The summed E-state index contributed by atoms with van der Waals surface area (Å²) in [6.07, 6.45) is 0.274. The van der Waals surface area contributed by atoms with Crippen LogP contribution < -0.4 is 5.32 Å². The first kappa shape index (κ1) is 20.3. The normalized spacial score (nSPS) is 17.7. The average Bonchev–Trinajstić information content (AvgIpc) is 3.04. The number of morpholine rings is 1. The molecule has 0 bridgehead atoms. The van der Waals surface area contributed by atoms with Crippen LogP contribution in [0.15, 0.2) is 54.6 Å². The fourth-order valence-corrected chi connectivity index (χ4v) is 3.91. The zero-order valence-electron chi connectivity index (χ0n) is 16.8. The molecule has 1 saturated heterocycles. The van der Waals surface area contributed by atoms with E-state index in [1.807, 2.05) is 30.3 Å². The summed E-state index contributed by atoms with van der Waals surface area (Å²) in [6.45, 7) is 4.21. The Morgan fingerprint density at radius 3 is 2.17 bits per heavy atom. The van der Waals surface area contributed by atoms with Crippen molar-refractivity contribution in [3.63, 3.8) is 0 Å². The molecule has 1 atom stereocenters. The van der Waals surface area contributed by atoms with E-state index in [0.29, 0.717) is 37.4 Å². The minimum absolute atomic E-state index is 0.274. The van der Waals surface area contributed by atoms with Crippen LogP contribution in [-0.2, 0) is 16.0 Å². The molecule has 4 rings (SSSR count). The minimum Gasteiger partial charge on any atom is -0.379 e. The number of carbonyl (C=O) groups excluding carboxylic acids is 3. The highest BCUT2D eigenvalue weighted by Crippen LogP contribution is 2.26. The first-order chi connectivity index (χ1) is 14.6. The van der Waals surface area contributed by atoms with Crippen LogP contribution in [0.5, 0.6) is 0 Å². The lowest BCUT2D eigenvalue weighted by molar-refractivity contribution is -0.125. The molecule has 2 aliphatic heterocycles. The second-order valence-electron chi connectivity index (χ2n) is 7.48. The van der Waals surface area contributed by atoms with Gasteiger partial charge >= 0.3 is 0 Å². The van der Waals surface area contributed by atoms with E-state index in [1.165, 1.54) is 0 Å². The molecule has 0 aromatic heterocycles. The van der Waals surface area contributed by atoms with Crippen molar-refractivity contribution in [2.24, 2.45) is 0 Å². The number of fused-ring (bicyclic) bond motifs is 1. The summed E-state index contributed by atoms with van der Waals surface area (Å²) in [7, 11) is 0. The zero-order chi connectivity index (χ0) is 20.9. The van der Waals surface area contributed by atoms with E-state index in [-0.39, 0.29) is 12.3 Å². The standard InChI is InChI=1S/C23H25N3O4/c27-21(24-10-11-25-12-14-30-15-13-25)20(16-17-6-2-1-3-7-17)26-22(28)18-8-4-5-9-19(18)23(26)29/h1-9,20H,10-16H2,(H,24,27)/t20-/m0/s1. The molecule has 0 aliphatic carbocycles. The quantitative estimate of drug-likeness (QED) is 0.701. The Morgan fingerprint density at radius 2 is 1.53 bits per heavy atom. The van der Waals surface area contributed by atoms with Gasteiger partial charge in [0.2, 0.25) is 5.91 Å². The number of amides is 3. The number of hydrogen-bond donors (Lipinski definition) is 1. The van der Waals surface area contributed by atoms with Gasteiger partial charge < -0.3 is 10.1 Å². The SMILES string of the molecule is O=C(NCCN1CCOCC1)[C@H](Cc1ccccc1)N1C(=O)c2ccccc2C1=O. The summed E-state index contributed by atoms with van der Waals surface area (Å²) in [4.78, 5) is 42.4. The maximum Gasteiger partial charge on any atom is 0.262 e. The molecular formula is C23H25N3O4. The smallest absolute Gasteiger partial charge is 0.262 e. The predicted molar refractivity (Wildman–Crippen MR) is 111 cm³/mol. The average molecular weight is 407 g/mol. The second-order valence-corrected chi connectivity index (χ2v) is 7.48. The summed E-state index contributed by atoms with van der Waals surface area (Å²) < 4.78 is 5.34. The first-order valence-corrected chi connectivity index (χ1v) is 10.2. The van der Waals surface area contributed by atoms with E-state index in [0.717, 1.165) is 23.6 Å². The van der Waals surface area contributed by atoms with Crippen molar-refractivity contribution in [1.82, 2.24) is 15.1 Å². The molecule has 2 aliphatic rings. The molecule has 7 nitrogen and oxygen atoms in total. The Labute approximate surface area is 175 Å². The maximum absolute atomic E-state index is 13.1. The molecule has 2 heterocycles. The predicted octanol–water partition coefficient (Wildman–Crippen LogP) is 1.34. The lowest BCUT2D eigenvalue weighted by Gasteiger charge is -2.28. The molecule has 0 saturated carbocycles. The number of benzene rings is 2. The lowest BCUT2D eigenvalue weighted by Crippen LogP contribution is -2.52. The zero-order valence-corrected chi connectivity index (χ0v) is 16.8. The largest absolute Gasteiger partial charge is 0.379 e. The van der Waals surface area contributed by atoms with Gasteiger partial charge in [-0.05, 0) is 17.7 Å². The van der Waals surface area contributed by atoms with Crippen LogP contribution in [0.1, 0.15) is 26.3 Å². The Balaban J connectivity index is 1.50. The van der Waals surface area contributed by atoms with Gasteiger partial charge in [-0.25, -0.2) is 0 Å². The lowest BCUT2D eigenvalue weighted by atomic mass is 10.0. The van der Waals surface area contributed by atoms with Gasteiger partial charge in [-0.2, -0.15) is 0 Å². The Kier molecular flexibility index (Phi) is 6.21. The fraction of sp³-hybridized carbons (Fsp3) is 0.348.